The Morgan fingerprint density at radius 3 is 2.86 bits per heavy atom. The van der Waals surface area contributed by atoms with E-state index in [2.05, 4.69) is 4.98 Å². The average molecular weight is 233 g/mol. The summed E-state index contributed by atoms with van der Waals surface area (Å²) in [7, 11) is 0. The van der Waals surface area contributed by atoms with Crippen molar-refractivity contribution in [2.24, 2.45) is 5.73 Å². The van der Waals surface area contributed by atoms with Crippen molar-refractivity contribution in [2.45, 2.75) is 31.2 Å². The molecule has 1 aliphatic carbocycles. The number of hydrogen-bond donors (Lipinski definition) is 1. The molecule has 1 fully saturated rings. The molecule has 1 aromatic heterocycles. The van der Waals surface area contributed by atoms with Crippen LogP contribution in [0.3, 0.4) is 0 Å². The van der Waals surface area contributed by atoms with Crippen molar-refractivity contribution in [3.8, 4) is 5.19 Å². The number of nitrogens with two attached hydrogens (primary N) is 1. The molecule has 0 aromatic carbocycles. The Bertz CT molecular complexity index is 310. The summed E-state index contributed by atoms with van der Waals surface area (Å²) in [6.07, 6.45) is 4.51. The van der Waals surface area contributed by atoms with Crippen molar-refractivity contribution in [3.63, 3.8) is 0 Å². The van der Waals surface area contributed by atoms with E-state index in [4.69, 9.17) is 22.1 Å². The molecule has 3 nitrogen and oxygen atoms in total. The third-order valence-corrected chi connectivity index (χ3v) is 3.61. The summed E-state index contributed by atoms with van der Waals surface area (Å²) >= 11 is 7.09. The highest BCUT2D eigenvalue weighted by atomic mass is 35.5. The molecule has 1 aliphatic rings. The highest BCUT2D eigenvalue weighted by molar-refractivity contribution is 7.11. The number of aromatic nitrogens is 1. The number of thiazole rings is 1. The van der Waals surface area contributed by atoms with Crippen LogP contribution in [0.2, 0.25) is 5.15 Å². The average Bonchev–Trinajstić information content (AvgIpc) is 2.73. The van der Waals surface area contributed by atoms with Crippen molar-refractivity contribution in [2.75, 3.05) is 6.61 Å². The second kappa shape index (κ2) is 4.04. The van der Waals surface area contributed by atoms with Crippen LogP contribution in [0.4, 0.5) is 0 Å². The lowest BCUT2D eigenvalue weighted by Crippen LogP contribution is -2.42. The minimum Gasteiger partial charge on any atom is -0.468 e. The zero-order valence-electron chi connectivity index (χ0n) is 7.83. The van der Waals surface area contributed by atoms with E-state index in [9.17, 15) is 0 Å². The Hall–Kier alpha value is -0.320. The van der Waals surface area contributed by atoms with Gasteiger partial charge >= 0.3 is 0 Å². The maximum Gasteiger partial charge on any atom is 0.274 e. The highest BCUT2D eigenvalue weighted by Crippen LogP contribution is 2.29. The Balaban J connectivity index is 1.87. The first-order chi connectivity index (χ1) is 6.68. The summed E-state index contributed by atoms with van der Waals surface area (Å²) < 4.78 is 5.51. The smallest absolute Gasteiger partial charge is 0.274 e. The molecule has 0 spiro atoms. The molecule has 78 valence electrons. The van der Waals surface area contributed by atoms with Gasteiger partial charge in [0.15, 0.2) is 0 Å². The van der Waals surface area contributed by atoms with Gasteiger partial charge in [-0.15, -0.1) is 0 Å². The molecule has 0 bridgehead atoms. The molecule has 5 heteroatoms. The molecule has 0 saturated heterocycles. The van der Waals surface area contributed by atoms with Gasteiger partial charge in [0.2, 0.25) is 0 Å². The number of hydrogen-bond acceptors (Lipinski definition) is 4. The van der Waals surface area contributed by atoms with E-state index in [0.717, 1.165) is 12.8 Å². The Labute approximate surface area is 92.2 Å². The van der Waals surface area contributed by atoms with Crippen LogP contribution in [0.1, 0.15) is 25.7 Å². The standard InChI is InChI=1S/C9H13ClN2OS/c10-7-5-14-8(12-7)13-6-9(11)3-1-2-4-9/h5H,1-4,6,11H2. The molecule has 1 saturated carbocycles. The summed E-state index contributed by atoms with van der Waals surface area (Å²) in [6, 6.07) is 0. The van der Waals surface area contributed by atoms with Gasteiger partial charge in [0.05, 0.1) is 5.54 Å². The fourth-order valence-electron chi connectivity index (χ4n) is 1.73. The SMILES string of the molecule is NC1(COc2nc(Cl)cs2)CCCC1. The third kappa shape index (κ3) is 2.38. The molecule has 0 radical (unpaired) electrons. The van der Waals surface area contributed by atoms with Gasteiger partial charge in [-0.25, -0.2) is 0 Å². The summed E-state index contributed by atoms with van der Waals surface area (Å²) in [6.45, 7) is 0.552. The van der Waals surface area contributed by atoms with Crippen molar-refractivity contribution in [1.29, 1.82) is 0 Å². The predicted molar refractivity (Wildman–Crippen MR) is 58.0 cm³/mol. The van der Waals surface area contributed by atoms with Crippen molar-refractivity contribution in [1.82, 2.24) is 4.98 Å². The van der Waals surface area contributed by atoms with Crippen LogP contribution in [-0.4, -0.2) is 17.1 Å². The quantitative estimate of drug-likeness (QED) is 0.871. The monoisotopic (exact) mass is 232 g/mol. The fraction of sp³-hybridized carbons (Fsp3) is 0.667. The molecule has 1 heterocycles. The highest BCUT2D eigenvalue weighted by Gasteiger charge is 2.30. The van der Waals surface area contributed by atoms with Crippen LogP contribution < -0.4 is 10.5 Å². The van der Waals surface area contributed by atoms with Gasteiger partial charge in [0.1, 0.15) is 11.8 Å². The first-order valence-electron chi connectivity index (χ1n) is 4.71. The van der Waals surface area contributed by atoms with E-state index in [0.29, 0.717) is 17.0 Å². The van der Waals surface area contributed by atoms with E-state index >= 15 is 0 Å². The van der Waals surface area contributed by atoms with Gasteiger partial charge in [-0.3, -0.25) is 0 Å². The van der Waals surface area contributed by atoms with E-state index in [-0.39, 0.29) is 5.54 Å². The zero-order valence-corrected chi connectivity index (χ0v) is 9.40. The number of ether oxygens (including phenoxy) is 1. The van der Waals surface area contributed by atoms with Crippen molar-refractivity contribution >= 4 is 22.9 Å². The summed E-state index contributed by atoms with van der Waals surface area (Å²) in [4.78, 5) is 4.01. The minimum absolute atomic E-state index is 0.141. The summed E-state index contributed by atoms with van der Waals surface area (Å²) in [5.74, 6) is 0. The van der Waals surface area contributed by atoms with Gasteiger partial charge in [-0.1, -0.05) is 35.8 Å². The lowest BCUT2D eigenvalue weighted by Gasteiger charge is -2.22. The predicted octanol–water partition coefficient (Wildman–Crippen LogP) is 2.45. The van der Waals surface area contributed by atoms with Crippen molar-refractivity contribution in [3.05, 3.63) is 10.5 Å². The third-order valence-electron chi connectivity index (χ3n) is 2.54. The molecule has 2 rings (SSSR count). The number of rotatable bonds is 3. The lowest BCUT2D eigenvalue weighted by atomic mass is 10.0. The summed E-state index contributed by atoms with van der Waals surface area (Å²) in [5, 5.41) is 2.86. The van der Waals surface area contributed by atoms with Crippen LogP contribution in [0, 0.1) is 0 Å². The van der Waals surface area contributed by atoms with Crippen LogP contribution in [0.25, 0.3) is 0 Å². The molecule has 0 atom stereocenters. The fourth-order valence-corrected chi connectivity index (χ4v) is 2.52. The van der Waals surface area contributed by atoms with Gasteiger partial charge in [-0.2, -0.15) is 4.98 Å². The second-order valence-corrected chi connectivity index (χ2v) is 5.00. The first kappa shape index (κ1) is 10.2. The molecular formula is C9H13ClN2OS. The maximum absolute atomic E-state index is 6.13. The topological polar surface area (TPSA) is 48.1 Å². The lowest BCUT2D eigenvalue weighted by molar-refractivity contribution is 0.220. The summed E-state index contributed by atoms with van der Waals surface area (Å²) in [5.41, 5.74) is 5.99. The Kier molecular flexibility index (Phi) is 2.95. The Morgan fingerprint density at radius 1 is 1.57 bits per heavy atom. The van der Waals surface area contributed by atoms with Gasteiger partial charge < -0.3 is 10.5 Å². The first-order valence-corrected chi connectivity index (χ1v) is 5.96. The van der Waals surface area contributed by atoms with Gasteiger partial charge in [0.25, 0.3) is 5.19 Å². The Morgan fingerprint density at radius 2 is 2.29 bits per heavy atom. The van der Waals surface area contributed by atoms with Crippen LogP contribution in [0.5, 0.6) is 5.19 Å². The zero-order chi connectivity index (χ0) is 10.0. The molecule has 2 N–H and O–H groups in total. The number of halogens is 1. The van der Waals surface area contributed by atoms with Crippen LogP contribution in [-0.2, 0) is 0 Å². The molecule has 0 unspecified atom stereocenters. The molecule has 0 aliphatic heterocycles. The second-order valence-electron chi connectivity index (χ2n) is 3.79. The van der Waals surface area contributed by atoms with Gasteiger partial charge in [-0.05, 0) is 12.8 Å². The van der Waals surface area contributed by atoms with E-state index in [1.54, 1.807) is 5.38 Å². The minimum atomic E-state index is -0.141. The van der Waals surface area contributed by atoms with E-state index in [1.165, 1.54) is 24.2 Å². The van der Waals surface area contributed by atoms with E-state index < -0.39 is 0 Å². The molecule has 14 heavy (non-hydrogen) atoms. The number of nitrogens with zero attached hydrogens (tertiary/aromatic N) is 1. The molecule has 0 amide bonds. The van der Waals surface area contributed by atoms with E-state index in [1.807, 2.05) is 0 Å². The molecule has 1 aromatic rings. The largest absolute Gasteiger partial charge is 0.468 e. The van der Waals surface area contributed by atoms with Crippen molar-refractivity contribution < 1.29 is 4.74 Å². The maximum atomic E-state index is 6.13. The van der Waals surface area contributed by atoms with Crippen LogP contribution in [0.15, 0.2) is 5.38 Å². The van der Waals surface area contributed by atoms with Crippen LogP contribution >= 0.6 is 22.9 Å². The molecular weight excluding hydrogens is 220 g/mol. The normalized spacial score (nSPS) is 19.9. The van der Waals surface area contributed by atoms with Gasteiger partial charge in [0, 0.05) is 5.38 Å².